The highest BCUT2D eigenvalue weighted by Gasteiger charge is 2.51. The summed E-state index contributed by atoms with van der Waals surface area (Å²) in [6.07, 6.45) is 8.47. The van der Waals surface area contributed by atoms with Crippen LogP contribution in [0.3, 0.4) is 0 Å². The molecule has 0 atom stereocenters. The van der Waals surface area contributed by atoms with Crippen molar-refractivity contribution in [3.63, 3.8) is 0 Å². The number of hydrogen-bond donors (Lipinski definition) is 0. The fraction of sp³-hybridized carbons (Fsp3) is 0.227. The molecule has 4 fully saturated rings. The van der Waals surface area contributed by atoms with Gasteiger partial charge in [0.15, 0.2) is 17.5 Å². The summed E-state index contributed by atoms with van der Waals surface area (Å²) < 4.78 is 0. The number of aromatic nitrogens is 3. The minimum absolute atomic E-state index is 0.373. The number of nitriles is 1. The molecular formula is C44H36N4. The van der Waals surface area contributed by atoms with Gasteiger partial charge >= 0.3 is 0 Å². The Labute approximate surface area is 282 Å². The lowest BCUT2D eigenvalue weighted by Gasteiger charge is -2.57. The maximum absolute atomic E-state index is 9.92. The molecule has 1 aromatic heterocycles. The molecule has 0 N–H and O–H groups in total. The van der Waals surface area contributed by atoms with Crippen LogP contribution in [-0.4, -0.2) is 15.0 Å². The normalized spacial score (nSPS) is 22.4. The SMILES string of the molecule is N#Cc1ccccc1-c1ccccc1-c1nc(-c2ccccc2)nc(-c2ccccc2-c2ccc(C34C[C@H]5C[C@@H](C3)C[C@@H](C4)C5)cc2)n1. The van der Waals surface area contributed by atoms with E-state index in [1.807, 2.05) is 78.9 Å². The van der Waals surface area contributed by atoms with E-state index in [1.165, 1.54) is 49.7 Å². The molecule has 0 radical (unpaired) electrons. The van der Waals surface area contributed by atoms with Gasteiger partial charge in [-0.15, -0.1) is 0 Å². The van der Waals surface area contributed by atoms with E-state index in [1.54, 1.807) is 0 Å². The summed E-state index contributed by atoms with van der Waals surface area (Å²) >= 11 is 0. The molecule has 10 rings (SSSR count). The van der Waals surface area contributed by atoms with Gasteiger partial charge in [0.1, 0.15) is 0 Å². The van der Waals surface area contributed by atoms with Gasteiger partial charge in [-0.3, -0.25) is 0 Å². The van der Waals surface area contributed by atoms with Crippen LogP contribution in [0.25, 0.3) is 56.4 Å². The van der Waals surface area contributed by atoms with E-state index >= 15 is 0 Å². The van der Waals surface area contributed by atoms with Crippen molar-refractivity contribution >= 4 is 0 Å². The zero-order valence-electron chi connectivity index (χ0n) is 26.9. The van der Waals surface area contributed by atoms with Crippen molar-refractivity contribution < 1.29 is 0 Å². The minimum Gasteiger partial charge on any atom is -0.208 e. The highest BCUT2D eigenvalue weighted by molar-refractivity contribution is 5.86. The van der Waals surface area contributed by atoms with Crippen molar-refractivity contribution in [2.45, 2.75) is 43.9 Å². The van der Waals surface area contributed by atoms with E-state index in [9.17, 15) is 5.26 Å². The molecule has 0 spiro atoms. The van der Waals surface area contributed by atoms with Gasteiger partial charge in [0.2, 0.25) is 0 Å². The lowest BCUT2D eigenvalue weighted by Crippen LogP contribution is -2.48. The van der Waals surface area contributed by atoms with Crippen LogP contribution < -0.4 is 0 Å². The first-order valence-electron chi connectivity index (χ1n) is 17.3. The molecule has 1 heterocycles. The average Bonchev–Trinajstić information content (AvgIpc) is 3.14. The third kappa shape index (κ3) is 5.02. The van der Waals surface area contributed by atoms with E-state index in [4.69, 9.17) is 15.0 Å². The standard InChI is InChI=1S/C44H36N4/c45-28-34-12-4-5-14-37(34)38-15-7-9-17-40(38)43-47-41(33-10-2-1-3-11-33)46-42(48-43)39-16-8-6-13-36(39)32-18-20-35(21-19-32)44-25-29-22-30(26-44)24-31(23-29)27-44/h1-21,29-31H,22-27H2/t29-,30+,31-,44?. The minimum atomic E-state index is 0.373. The molecule has 4 bridgehead atoms. The Morgan fingerprint density at radius 1 is 0.458 bits per heavy atom. The summed E-state index contributed by atoms with van der Waals surface area (Å²) in [5.41, 5.74) is 9.33. The fourth-order valence-corrected chi connectivity index (χ4v) is 9.46. The first kappa shape index (κ1) is 28.8. The molecule has 4 aliphatic rings. The lowest BCUT2D eigenvalue weighted by molar-refractivity contribution is -0.00518. The summed E-state index contributed by atoms with van der Waals surface area (Å²) in [5.74, 6) is 4.59. The highest BCUT2D eigenvalue weighted by atomic mass is 15.0. The van der Waals surface area contributed by atoms with Crippen LogP contribution in [0.1, 0.15) is 49.7 Å². The van der Waals surface area contributed by atoms with Crippen molar-refractivity contribution in [3.8, 4) is 62.5 Å². The van der Waals surface area contributed by atoms with Crippen molar-refractivity contribution in [1.29, 1.82) is 5.26 Å². The first-order valence-corrected chi connectivity index (χ1v) is 17.3. The topological polar surface area (TPSA) is 62.5 Å². The van der Waals surface area contributed by atoms with Gasteiger partial charge in [-0.1, -0.05) is 121 Å². The molecule has 0 saturated heterocycles. The van der Waals surface area contributed by atoms with Crippen LogP contribution >= 0.6 is 0 Å². The van der Waals surface area contributed by atoms with Crippen LogP contribution in [-0.2, 0) is 5.41 Å². The molecule has 6 aromatic rings. The molecule has 0 unspecified atom stereocenters. The number of nitrogens with zero attached hydrogens (tertiary/aromatic N) is 4. The van der Waals surface area contributed by atoms with Gasteiger partial charge in [0.25, 0.3) is 0 Å². The van der Waals surface area contributed by atoms with E-state index in [0.717, 1.165) is 51.1 Å². The maximum Gasteiger partial charge on any atom is 0.164 e. The molecule has 48 heavy (non-hydrogen) atoms. The quantitative estimate of drug-likeness (QED) is 0.186. The summed E-state index contributed by atoms with van der Waals surface area (Å²) in [6, 6.07) is 46.1. The molecule has 0 aliphatic heterocycles. The predicted molar refractivity (Wildman–Crippen MR) is 192 cm³/mol. The van der Waals surface area contributed by atoms with Gasteiger partial charge in [0, 0.05) is 22.3 Å². The van der Waals surface area contributed by atoms with Crippen LogP contribution in [0.5, 0.6) is 0 Å². The Bertz CT molecular complexity index is 2140. The second kappa shape index (κ2) is 11.7. The summed E-state index contributed by atoms with van der Waals surface area (Å²) in [6.45, 7) is 0. The molecule has 4 nitrogen and oxygen atoms in total. The number of hydrogen-bond acceptors (Lipinski definition) is 4. The van der Waals surface area contributed by atoms with Crippen LogP contribution in [0.15, 0.2) is 127 Å². The first-order chi connectivity index (χ1) is 23.7. The fourth-order valence-electron chi connectivity index (χ4n) is 9.46. The molecule has 232 valence electrons. The Hall–Kier alpha value is -5.40. The Morgan fingerprint density at radius 3 is 1.54 bits per heavy atom. The third-order valence-electron chi connectivity index (χ3n) is 11.2. The summed E-state index contributed by atoms with van der Waals surface area (Å²) in [4.78, 5) is 15.3. The van der Waals surface area contributed by atoms with Crippen LogP contribution in [0.2, 0.25) is 0 Å². The van der Waals surface area contributed by atoms with E-state index < -0.39 is 0 Å². The van der Waals surface area contributed by atoms with Crippen LogP contribution in [0, 0.1) is 29.1 Å². The Balaban J connectivity index is 1.16. The van der Waals surface area contributed by atoms with Crippen molar-refractivity contribution in [2.75, 3.05) is 0 Å². The molecule has 4 heteroatoms. The Kier molecular flexibility index (Phi) is 7.01. The van der Waals surface area contributed by atoms with Gasteiger partial charge in [-0.2, -0.15) is 5.26 Å². The van der Waals surface area contributed by atoms with Crippen molar-refractivity contribution in [2.24, 2.45) is 17.8 Å². The van der Waals surface area contributed by atoms with Crippen molar-refractivity contribution in [3.05, 3.63) is 139 Å². The van der Waals surface area contributed by atoms with Crippen molar-refractivity contribution in [1.82, 2.24) is 15.0 Å². The van der Waals surface area contributed by atoms with E-state index in [0.29, 0.717) is 28.5 Å². The third-order valence-corrected chi connectivity index (χ3v) is 11.2. The molecule has 0 amide bonds. The van der Waals surface area contributed by atoms with Gasteiger partial charge in [-0.05, 0) is 90.0 Å². The van der Waals surface area contributed by atoms with Gasteiger partial charge in [-0.25, -0.2) is 15.0 Å². The zero-order valence-corrected chi connectivity index (χ0v) is 26.9. The average molecular weight is 621 g/mol. The largest absolute Gasteiger partial charge is 0.208 e. The molecule has 4 aliphatic carbocycles. The summed E-state index contributed by atoms with van der Waals surface area (Å²) in [5, 5.41) is 9.92. The predicted octanol–water partition coefficient (Wildman–Crippen LogP) is 10.5. The van der Waals surface area contributed by atoms with E-state index in [-0.39, 0.29) is 0 Å². The number of rotatable bonds is 6. The highest BCUT2D eigenvalue weighted by Crippen LogP contribution is 2.60. The molecular weight excluding hydrogens is 585 g/mol. The Morgan fingerprint density at radius 2 is 0.938 bits per heavy atom. The second-order valence-electron chi connectivity index (χ2n) is 14.2. The number of benzene rings is 5. The second-order valence-corrected chi connectivity index (χ2v) is 14.2. The molecule has 4 saturated carbocycles. The van der Waals surface area contributed by atoms with Crippen LogP contribution in [0.4, 0.5) is 0 Å². The molecule has 5 aromatic carbocycles. The zero-order chi connectivity index (χ0) is 32.1. The summed E-state index contributed by atoms with van der Waals surface area (Å²) in [7, 11) is 0. The van der Waals surface area contributed by atoms with Gasteiger partial charge < -0.3 is 0 Å². The smallest absolute Gasteiger partial charge is 0.164 e. The lowest BCUT2D eigenvalue weighted by atomic mass is 9.48. The maximum atomic E-state index is 9.92. The van der Waals surface area contributed by atoms with Gasteiger partial charge in [0.05, 0.1) is 11.6 Å². The van der Waals surface area contributed by atoms with E-state index in [2.05, 4.69) is 54.6 Å². The monoisotopic (exact) mass is 620 g/mol.